The summed E-state index contributed by atoms with van der Waals surface area (Å²) in [5.41, 5.74) is 0.292. The molecule has 0 fully saturated rings. The highest BCUT2D eigenvalue weighted by atomic mass is 16.2. The lowest BCUT2D eigenvalue weighted by Crippen LogP contribution is -2.28. The van der Waals surface area contributed by atoms with Crippen LogP contribution >= 0.6 is 0 Å². The van der Waals surface area contributed by atoms with Gasteiger partial charge in [-0.25, -0.2) is 4.98 Å². The molecule has 104 valence electrons. The van der Waals surface area contributed by atoms with Crippen molar-refractivity contribution < 1.29 is 4.79 Å². The molecule has 6 nitrogen and oxygen atoms in total. The van der Waals surface area contributed by atoms with Gasteiger partial charge in [-0.2, -0.15) is 0 Å². The third kappa shape index (κ3) is 3.28. The fourth-order valence-electron chi connectivity index (χ4n) is 1.62. The molecule has 0 radical (unpaired) electrons. The third-order valence-electron chi connectivity index (χ3n) is 2.74. The first-order valence-corrected chi connectivity index (χ1v) is 6.49. The van der Waals surface area contributed by atoms with E-state index in [9.17, 15) is 4.79 Å². The van der Waals surface area contributed by atoms with E-state index in [-0.39, 0.29) is 5.91 Å². The maximum Gasteiger partial charge on any atom is 0.279 e. The van der Waals surface area contributed by atoms with Gasteiger partial charge in [-0.15, -0.1) is 10.2 Å². The van der Waals surface area contributed by atoms with Crippen molar-refractivity contribution in [1.82, 2.24) is 15.2 Å². The molecule has 2 heterocycles. The molecule has 0 atom stereocenters. The van der Waals surface area contributed by atoms with Gasteiger partial charge in [-0.3, -0.25) is 9.69 Å². The van der Waals surface area contributed by atoms with Gasteiger partial charge in [0.25, 0.3) is 5.91 Å². The molecule has 0 spiro atoms. The highest BCUT2D eigenvalue weighted by Crippen LogP contribution is 2.11. The lowest BCUT2D eigenvalue weighted by molar-refractivity contribution is 0.0986. The monoisotopic (exact) mass is 271 g/mol. The van der Waals surface area contributed by atoms with Crippen LogP contribution in [0.25, 0.3) is 0 Å². The molecule has 0 aliphatic heterocycles. The highest BCUT2D eigenvalue weighted by molar-refractivity contribution is 6.03. The van der Waals surface area contributed by atoms with Gasteiger partial charge in [0.1, 0.15) is 11.6 Å². The average Bonchev–Trinajstić information content (AvgIpc) is 2.53. The van der Waals surface area contributed by atoms with Crippen LogP contribution < -0.4 is 10.2 Å². The summed E-state index contributed by atoms with van der Waals surface area (Å²) in [5.74, 6) is 1.01. The fourth-order valence-corrected chi connectivity index (χ4v) is 1.62. The zero-order valence-electron chi connectivity index (χ0n) is 11.6. The van der Waals surface area contributed by atoms with Crippen molar-refractivity contribution in [3.8, 4) is 0 Å². The molecule has 1 amide bonds. The predicted molar refractivity (Wildman–Crippen MR) is 77.8 cm³/mol. The van der Waals surface area contributed by atoms with E-state index in [2.05, 4.69) is 27.4 Å². The predicted octanol–water partition coefficient (Wildman–Crippen LogP) is 1.97. The van der Waals surface area contributed by atoms with Gasteiger partial charge in [-0.1, -0.05) is 13.0 Å². The maximum absolute atomic E-state index is 12.2. The van der Waals surface area contributed by atoms with Crippen LogP contribution in [0, 0.1) is 0 Å². The lowest BCUT2D eigenvalue weighted by Gasteiger charge is -2.15. The van der Waals surface area contributed by atoms with E-state index in [0.29, 0.717) is 17.3 Å². The van der Waals surface area contributed by atoms with Crippen LogP contribution in [-0.4, -0.2) is 34.7 Å². The van der Waals surface area contributed by atoms with E-state index in [1.165, 1.54) is 4.90 Å². The molecule has 0 aliphatic carbocycles. The molecule has 0 aromatic carbocycles. The number of amides is 1. The second-order valence-electron chi connectivity index (χ2n) is 4.28. The van der Waals surface area contributed by atoms with Crippen LogP contribution in [0.2, 0.25) is 0 Å². The van der Waals surface area contributed by atoms with Crippen LogP contribution in [0.1, 0.15) is 23.8 Å². The first-order chi connectivity index (χ1) is 9.72. The van der Waals surface area contributed by atoms with Crippen molar-refractivity contribution in [2.24, 2.45) is 0 Å². The van der Waals surface area contributed by atoms with Gasteiger partial charge in [0, 0.05) is 19.8 Å². The van der Waals surface area contributed by atoms with Crippen molar-refractivity contribution in [3.05, 3.63) is 42.2 Å². The van der Waals surface area contributed by atoms with Gasteiger partial charge in [-0.05, 0) is 30.7 Å². The van der Waals surface area contributed by atoms with Crippen molar-refractivity contribution in [2.75, 3.05) is 23.8 Å². The zero-order chi connectivity index (χ0) is 14.4. The Balaban J connectivity index is 2.09. The van der Waals surface area contributed by atoms with E-state index >= 15 is 0 Å². The lowest BCUT2D eigenvalue weighted by atomic mass is 10.3. The number of nitrogens with one attached hydrogen (secondary N) is 1. The summed E-state index contributed by atoms with van der Waals surface area (Å²) < 4.78 is 0. The first kappa shape index (κ1) is 13.9. The number of carbonyl (C=O) groups is 1. The van der Waals surface area contributed by atoms with E-state index in [1.807, 2.05) is 6.07 Å². The third-order valence-corrected chi connectivity index (χ3v) is 2.74. The first-order valence-electron chi connectivity index (χ1n) is 6.49. The highest BCUT2D eigenvalue weighted by Gasteiger charge is 2.15. The van der Waals surface area contributed by atoms with Crippen LogP contribution in [0.3, 0.4) is 0 Å². The summed E-state index contributed by atoms with van der Waals surface area (Å²) in [6, 6.07) is 8.81. The molecule has 0 unspecified atom stereocenters. The van der Waals surface area contributed by atoms with Crippen molar-refractivity contribution >= 4 is 17.5 Å². The molecule has 20 heavy (non-hydrogen) atoms. The molecule has 6 heteroatoms. The Bertz CT molecular complexity index is 556. The Labute approximate surface area is 117 Å². The van der Waals surface area contributed by atoms with Crippen LogP contribution in [0.15, 0.2) is 36.5 Å². The van der Waals surface area contributed by atoms with Crippen molar-refractivity contribution in [3.63, 3.8) is 0 Å². The molecule has 2 aromatic heterocycles. The molecule has 0 aliphatic rings. The minimum Gasteiger partial charge on any atom is -0.369 e. The molecule has 0 saturated heterocycles. The minimum atomic E-state index is -0.238. The molecule has 2 aromatic rings. The van der Waals surface area contributed by atoms with Crippen LogP contribution in [0.4, 0.5) is 11.6 Å². The second kappa shape index (κ2) is 6.60. The standard InChI is InChI=1S/C14H17N5O/c1-3-9-15-12-8-7-11(17-18-12)14(20)19(2)13-6-4-5-10-16-13/h4-8,10H,3,9H2,1-2H3,(H,15,18). The Morgan fingerprint density at radius 1 is 1.25 bits per heavy atom. The SMILES string of the molecule is CCCNc1ccc(C(=O)N(C)c2ccccn2)nn1. The smallest absolute Gasteiger partial charge is 0.279 e. The number of rotatable bonds is 5. The summed E-state index contributed by atoms with van der Waals surface area (Å²) in [6.45, 7) is 2.90. The molecule has 0 bridgehead atoms. The van der Waals surface area contributed by atoms with Crippen molar-refractivity contribution in [1.29, 1.82) is 0 Å². The number of hydrogen-bond donors (Lipinski definition) is 1. The van der Waals surface area contributed by atoms with Crippen LogP contribution in [-0.2, 0) is 0 Å². The number of hydrogen-bond acceptors (Lipinski definition) is 5. The quantitative estimate of drug-likeness (QED) is 0.900. The summed E-state index contributed by atoms with van der Waals surface area (Å²) in [4.78, 5) is 17.8. The molecular weight excluding hydrogens is 254 g/mol. The van der Waals surface area contributed by atoms with Gasteiger partial charge in [0.15, 0.2) is 5.69 Å². The Hall–Kier alpha value is -2.50. The minimum absolute atomic E-state index is 0.238. The molecule has 1 N–H and O–H groups in total. The average molecular weight is 271 g/mol. The van der Waals surface area contributed by atoms with E-state index in [0.717, 1.165) is 13.0 Å². The summed E-state index contributed by atoms with van der Waals surface area (Å²) in [5, 5.41) is 11.0. The molecule has 0 saturated carbocycles. The summed E-state index contributed by atoms with van der Waals surface area (Å²) in [6.07, 6.45) is 2.65. The van der Waals surface area contributed by atoms with Crippen molar-refractivity contribution in [2.45, 2.75) is 13.3 Å². The number of anilines is 2. The van der Waals surface area contributed by atoms with Gasteiger partial charge >= 0.3 is 0 Å². The normalized spacial score (nSPS) is 10.1. The Morgan fingerprint density at radius 2 is 2.10 bits per heavy atom. The number of nitrogens with zero attached hydrogens (tertiary/aromatic N) is 4. The van der Waals surface area contributed by atoms with Gasteiger partial charge in [0.2, 0.25) is 0 Å². The largest absolute Gasteiger partial charge is 0.369 e. The molecule has 2 rings (SSSR count). The topological polar surface area (TPSA) is 71.0 Å². The Kier molecular flexibility index (Phi) is 4.60. The summed E-state index contributed by atoms with van der Waals surface area (Å²) in [7, 11) is 1.66. The van der Waals surface area contributed by atoms with E-state index < -0.39 is 0 Å². The fraction of sp³-hybridized carbons (Fsp3) is 0.286. The number of aromatic nitrogens is 3. The van der Waals surface area contributed by atoms with Gasteiger partial charge in [0.05, 0.1) is 0 Å². The van der Waals surface area contributed by atoms with Crippen LogP contribution in [0.5, 0.6) is 0 Å². The zero-order valence-corrected chi connectivity index (χ0v) is 11.6. The number of pyridine rings is 1. The molecular formula is C14H17N5O. The maximum atomic E-state index is 12.2. The summed E-state index contributed by atoms with van der Waals surface area (Å²) >= 11 is 0. The van der Waals surface area contributed by atoms with E-state index in [4.69, 9.17) is 0 Å². The Morgan fingerprint density at radius 3 is 2.70 bits per heavy atom. The van der Waals surface area contributed by atoms with E-state index in [1.54, 1.807) is 37.5 Å². The van der Waals surface area contributed by atoms with Gasteiger partial charge < -0.3 is 5.32 Å². The second-order valence-corrected chi connectivity index (χ2v) is 4.28. The number of carbonyl (C=O) groups excluding carboxylic acids is 1.